The predicted octanol–water partition coefficient (Wildman–Crippen LogP) is 9.84. The summed E-state index contributed by atoms with van der Waals surface area (Å²) in [5.41, 5.74) is 2.81. The fourth-order valence-corrected chi connectivity index (χ4v) is 13.3. The first-order chi connectivity index (χ1) is 27.4. The number of hydrogen-bond donors (Lipinski definition) is 0. The third-order valence-corrected chi connectivity index (χ3v) is 16.5. The molecule has 0 N–H and O–H groups in total. The molecule has 0 amide bonds. The van der Waals surface area contributed by atoms with Crippen LogP contribution in [0.2, 0.25) is 5.04 Å². The van der Waals surface area contributed by atoms with Gasteiger partial charge in [0.25, 0.3) is 8.32 Å². The zero-order valence-corrected chi connectivity index (χ0v) is 34.3. The Morgan fingerprint density at radius 2 is 0.857 bits per heavy atom. The van der Waals surface area contributed by atoms with Crippen molar-refractivity contribution in [1.82, 2.24) is 0 Å². The van der Waals surface area contributed by atoms with Crippen molar-refractivity contribution in [2.24, 2.45) is 0 Å². The van der Waals surface area contributed by atoms with E-state index in [0.29, 0.717) is 26.4 Å². The standard InChI is InChI=1S/C49H52O5SSi/c1-49(2,3)56(42-30-18-8-19-31-42,43-32-20-9-21-33-43)53-37-44-45(50-34-38-22-10-4-11-23-38)46(51-35-39-24-12-5-13-25-39)47(52-36-40-26-14-6-15-27-40)48(54-44)55-41-28-16-7-17-29-41/h4-33,44-48H,34-37H2,1-3H3/t44-,45-,46+,47-,48?/m1/s1. The summed E-state index contributed by atoms with van der Waals surface area (Å²) in [6.45, 7) is 8.40. The minimum absolute atomic E-state index is 0.215. The van der Waals surface area contributed by atoms with Gasteiger partial charge in [-0.3, -0.25) is 0 Å². The first-order valence-corrected chi connectivity index (χ1v) is 22.3. The van der Waals surface area contributed by atoms with Crippen LogP contribution in [0.25, 0.3) is 0 Å². The lowest BCUT2D eigenvalue weighted by Crippen LogP contribution is -2.68. The number of rotatable bonds is 16. The molecule has 1 aliphatic rings. The van der Waals surface area contributed by atoms with Crippen LogP contribution in [-0.2, 0) is 43.2 Å². The molecule has 1 aliphatic heterocycles. The summed E-state index contributed by atoms with van der Waals surface area (Å²) in [7, 11) is -2.93. The van der Waals surface area contributed by atoms with Crippen molar-refractivity contribution in [1.29, 1.82) is 0 Å². The molecular weight excluding hydrogens is 729 g/mol. The summed E-state index contributed by atoms with van der Waals surface area (Å²) in [6, 6.07) is 62.8. The summed E-state index contributed by atoms with van der Waals surface area (Å²) in [4.78, 5) is 1.09. The highest BCUT2D eigenvalue weighted by Crippen LogP contribution is 2.41. The molecule has 6 aromatic carbocycles. The second-order valence-corrected chi connectivity index (χ2v) is 20.7. The Hall–Kier alpha value is -4.31. The predicted molar refractivity (Wildman–Crippen MR) is 230 cm³/mol. The van der Waals surface area contributed by atoms with Crippen molar-refractivity contribution >= 4 is 30.5 Å². The maximum Gasteiger partial charge on any atom is 0.261 e. The van der Waals surface area contributed by atoms with Gasteiger partial charge >= 0.3 is 0 Å². The molecule has 5 nitrogen and oxygen atoms in total. The molecule has 7 rings (SSSR count). The van der Waals surface area contributed by atoms with Crippen LogP contribution in [0, 0.1) is 0 Å². The molecule has 7 heteroatoms. The van der Waals surface area contributed by atoms with Gasteiger partial charge < -0.3 is 23.4 Å². The van der Waals surface area contributed by atoms with Gasteiger partial charge in [-0.2, -0.15) is 0 Å². The summed E-state index contributed by atoms with van der Waals surface area (Å²) in [5, 5.41) is 2.22. The minimum Gasteiger partial charge on any atom is -0.405 e. The van der Waals surface area contributed by atoms with Gasteiger partial charge in [-0.15, -0.1) is 0 Å². The smallest absolute Gasteiger partial charge is 0.261 e. The maximum absolute atomic E-state index is 7.59. The lowest BCUT2D eigenvalue weighted by atomic mass is 9.99. The summed E-state index contributed by atoms with van der Waals surface area (Å²) >= 11 is 1.66. The molecule has 56 heavy (non-hydrogen) atoms. The Morgan fingerprint density at radius 1 is 0.482 bits per heavy atom. The van der Waals surface area contributed by atoms with E-state index < -0.39 is 38.2 Å². The van der Waals surface area contributed by atoms with Gasteiger partial charge in [0.2, 0.25) is 0 Å². The lowest BCUT2D eigenvalue weighted by molar-refractivity contribution is -0.251. The molecule has 0 spiro atoms. The molecule has 0 radical (unpaired) electrons. The monoisotopic (exact) mass is 780 g/mol. The van der Waals surface area contributed by atoms with Crippen molar-refractivity contribution in [3.8, 4) is 0 Å². The Morgan fingerprint density at radius 3 is 1.29 bits per heavy atom. The third-order valence-electron chi connectivity index (χ3n) is 10.3. The van der Waals surface area contributed by atoms with E-state index in [-0.39, 0.29) is 5.04 Å². The Kier molecular flexibility index (Phi) is 13.7. The van der Waals surface area contributed by atoms with Gasteiger partial charge in [0, 0.05) is 4.90 Å². The van der Waals surface area contributed by atoms with Crippen LogP contribution in [0.4, 0.5) is 0 Å². The quantitative estimate of drug-likeness (QED) is 0.0913. The van der Waals surface area contributed by atoms with Gasteiger partial charge in [0.05, 0.1) is 26.4 Å². The molecule has 0 bridgehead atoms. The Bertz CT molecular complexity index is 1980. The molecule has 5 atom stereocenters. The molecule has 0 aromatic heterocycles. The van der Waals surface area contributed by atoms with Crippen molar-refractivity contribution in [2.75, 3.05) is 6.61 Å². The highest BCUT2D eigenvalue weighted by atomic mass is 32.2. The molecule has 6 aromatic rings. The first kappa shape index (κ1) is 39.9. The van der Waals surface area contributed by atoms with Gasteiger partial charge in [-0.25, -0.2) is 0 Å². The van der Waals surface area contributed by atoms with Crippen molar-refractivity contribution in [3.05, 3.63) is 199 Å². The average molecular weight is 781 g/mol. The second-order valence-electron chi connectivity index (χ2n) is 15.2. The highest BCUT2D eigenvalue weighted by molar-refractivity contribution is 7.99. The van der Waals surface area contributed by atoms with E-state index in [4.69, 9.17) is 23.4 Å². The van der Waals surface area contributed by atoms with Crippen LogP contribution >= 0.6 is 11.8 Å². The van der Waals surface area contributed by atoms with Crippen LogP contribution in [0.15, 0.2) is 187 Å². The van der Waals surface area contributed by atoms with E-state index in [1.807, 2.05) is 60.7 Å². The van der Waals surface area contributed by atoms with Crippen molar-refractivity contribution in [2.45, 2.75) is 80.4 Å². The van der Waals surface area contributed by atoms with E-state index in [2.05, 4.69) is 142 Å². The summed E-state index contributed by atoms with van der Waals surface area (Å²) < 4.78 is 35.9. The van der Waals surface area contributed by atoms with E-state index in [1.165, 1.54) is 10.4 Å². The second kappa shape index (κ2) is 19.2. The van der Waals surface area contributed by atoms with Crippen LogP contribution in [0.3, 0.4) is 0 Å². The molecule has 0 aliphatic carbocycles. The Labute approximate surface area is 338 Å². The topological polar surface area (TPSA) is 46.2 Å². The van der Waals surface area contributed by atoms with Gasteiger partial charge in [0.15, 0.2) is 0 Å². The fraction of sp³-hybridized carbons (Fsp3) is 0.265. The maximum atomic E-state index is 7.59. The number of hydrogen-bond acceptors (Lipinski definition) is 6. The minimum atomic E-state index is -2.93. The average Bonchev–Trinajstić information content (AvgIpc) is 3.24. The molecule has 288 valence electrons. The highest BCUT2D eigenvalue weighted by Gasteiger charge is 2.53. The van der Waals surface area contributed by atoms with Crippen LogP contribution in [0.5, 0.6) is 0 Å². The summed E-state index contributed by atoms with van der Waals surface area (Å²) in [5.74, 6) is 0. The molecule has 1 fully saturated rings. The van der Waals surface area contributed by atoms with E-state index in [1.54, 1.807) is 11.8 Å². The SMILES string of the molecule is CC(C)(C)[Si](OC[C@H]1OC(Sc2ccccc2)[C@H](OCc2ccccc2)[C@@H](OCc2ccccc2)[C@@H]1OCc1ccccc1)(c1ccccc1)c1ccccc1. The molecule has 0 saturated carbocycles. The zero-order valence-electron chi connectivity index (χ0n) is 32.5. The first-order valence-electron chi connectivity index (χ1n) is 19.5. The van der Waals surface area contributed by atoms with Crippen LogP contribution in [0.1, 0.15) is 37.5 Å². The van der Waals surface area contributed by atoms with Gasteiger partial charge in [-0.1, -0.05) is 202 Å². The summed E-state index contributed by atoms with van der Waals surface area (Å²) in [6.07, 6.45) is -1.98. The molecule has 1 unspecified atom stereocenters. The number of thioether (sulfide) groups is 1. The molecule has 1 heterocycles. The van der Waals surface area contributed by atoms with E-state index in [0.717, 1.165) is 21.6 Å². The molecular formula is C49H52O5SSi. The lowest BCUT2D eigenvalue weighted by Gasteiger charge is -2.48. The van der Waals surface area contributed by atoms with E-state index >= 15 is 0 Å². The van der Waals surface area contributed by atoms with Gasteiger partial charge in [0.1, 0.15) is 29.9 Å². The van der Waals surface area contributed by atoms with Crippen molar-refractivity contribution < 1.29 is 23.4 Å². The Balaban J connectivity index is 1.30. The number of benzene rings is 6. The van der Waals surface area contributed by atoms with E-state index in [9.17, 15) is 0 Å². The fourth-order valence-electron chi connectivity index (χ4n) is 7.58. The normalized spacial score (nSPS) is 20.1. The van der Waals surface area contributed by atoms with Crippen LogP contribution in [-0.4, -0.2) is 44.8 Å². The molecule has 1 saturated heterocycles. The zero-order chi connectivity index (χ0) is 38.6. The largest absolute Gasteiger partial charge is 0.405 e. The van der Waals surface area contributed by atoms with Crippen molar-refractivity contribution in [3.63, 3.8) is 0 Å². The number of ether oxygens (including phenoxy) is 4. The van der Waals surface area contributed by atoms with Crippen LogP contribution < -0.4 is 10.4 Å². The third kappa shape index (κ3) is 9.79. The van der Waals surface area contributed by atoms with Gasteiger partial charge in [-0.05, 0) is 44.2 Å².